The average molecular weight is 133 g/mol. The predicted octanol–water partition coefficient (Wildman–Crippen LogP) is 1.59. The third-order valence-corrected chi connectivity index (χ3v) is 0.486. The van der Waals surface area contributed by atoms with E-state index in [1.54, 1.807) is 7.11 Å². The first-order chi connectivity index (χ1) is 3.41. The summed E-state index contributed by atoms with van der Waals surface area (Å²) < 4.78 is 9.46. The van der Waals surface area contributed by atoms with Gasteiger partial charge in [0.1, 0.15) is 14.1 Å². The lowest BCUT2D eigenvalue weighted by molar-refractivity contribution is -0.0122. The van der Waals surface area contributed by atoms with Crippen molar-refractivity contribution in [3.63, 3.8) is 0 Å². The Morgan fingerprint density at radius 3 is 2.22 bits per heavy atom. The molecule has 0 aromatic rings. The fourth-order valence-corrected chi connectivity index (χ4v) is 0.249. The molecule has 0 aromatic carbocycles. The molecular weight excluding hydrogens is 115 g/mol. The molecule has 0 aromatic heterocycles. The van der Waals surface area contributed by atoms with Crippen molar-refractivity contribution in [2.45, 2.75) is 21.7 Å². The zero-order valence-corrected chi connectivity index (χ0v) is 4.81. The number of hydrogen-bond acceptors (Lipinski definition) is 2. The van der Waals surface area contributed by atoms with Crippen LogP contribution >= 0.6 is 0 Å². The van der Waals surface area contributed by atoms with Crippen LogP contribution in [-0.2, 0) is 9.47 Å². The van der Waals surface area contributed by atoms with E-state index < -0.39 is 0 Å². The zero-order chi connectivity index (χ0) is 5.54. The molecule has 3 heteroatoms. The van der Waals surface area contributed by atoms with Crippen molar-refractivity contribution in [3.8, 4) is 0 Å². The Balaban J connectivity index is -0.000000180. The summed E-state index contributed by atoms with van der Waals surface area (Å²) in [4.78, 5) is 0. The van der Waals surface area contributed by atoms with E-state index in [0.717, 1.165) is 0 Å². The Morgan fingerprint density at radius 2 is 1.89 bits per heavy atom. The van der Waals surface area contributed by atoms with E-state index in [9.17, 15) is 0 Å². The molecule has 0 fully saturated rings. The molecule has 2 nitrogen and oxygen atoms in total. The minimum Gasteiger partial charge on any atom is -0.364 e. The summed E-state index contributed by atoms with van der Waals surface area (Å²) in [6.45, 7) is 3.01. The van der Waals surface area contributed by atoms with Crippen molar-refractivity contribution in [1.29, 1.82) is 0 Å². The molecule has 0 rings (SSSR count). The maximum absolute atomic E-state index is 4.85. The number of rotatable bonds is 4. The molecule has 0 heterocycles. The van der Waals surface area contributed by atoms with Crippen LogP contribution in [0.25, 0.3) is 0 Å². The van der Waals surface area contributed by atoms with Gasteiger partial charge in [-0.15, -0.1) is 0 Å². The highest BCUT2D eigenvalue weighted by atomic mass is 16.7. The summed E-state index contributed by atoms with van der Waals surface area (Å²) >= 11 is 0. The van der Waals surface area contributed by atoms with E-state index >= 15 is 0 Å². The van der Waals surface area contributed by atoms with Crippen molar-refractivity contribution >= 4 is 7.28 Å². The molecule has 0 aliphatic heterocycles. The van der Waals surface area contributed by atoms with Crippen molar-refractivity contribution in [2.75, 3.05) is 20.4 Å². The fraction of sp³-hybridized carbons (Fsp3) is 1.00. The van der Waals surface area contributed by atoms with Gasteiger partial charge in [-0.1, -0.05) is 21.7 Å². The molecule has 9 heavy (non-hydrogen) atoms. The van der Waals surface area contributed by atoms with Gasteiger partial charge in [-0.2, -0.15) is 0 Å². The maximum Gasteiger partial charge on any atom is 0.145 e. The van der Waals surface area contributed by atoms with Crippen molar-refractivity contribution < 1.29 is 9.47 Å². The van der Waals surface area contributed by atoms with Crippen molar-refractivity contribution in [1.82, 2.24) is 0 Å². The van der Waals surface area contributed by atoms with Crippen LogP contribution < -0.4 is 0 Å². The van der Waals surface area contributed by atoms with Gasteiger partial charge in [-0.25, -0.2) is 0 Å². The van der Waals surface area contributed by atoms with Crippen LogP contribution in [0.15, 0.2) is 0 Å². The second-order valence-electron chi connectivity index (χ2n) is 1.19. The van der Waals surface area contributed by atoms with Crippen LogP contribution in [0, 0.1) is 0 Å². The molecule has 0 unspecified atom stereocenters. The third-order valence-electron chi connectivity index (χ3n) is 0.486. The monoisotopic (exact) mass is 133 g/mol. The Morgan fingerprint density at radius 1 is 1.33 bits per heavy atom. The van der Waals surface area contributed by atoms with Crippen LogP contribution in [0.1, 0.15) is 14.9 Å². The Labute approximate surface area is 59.8 Å². The molecule has 0 amide bonds. The van der Waals surface area contributed by atoms with Crippen LogP contribution in [0.4, 0.5) is 0 Å². The molecule has 0 aliphatic carbocycles. The summed E-state index contributed by atoms with van der Waals surface area (Å²) in [6, 6.07) is 0. The normalized spacial score (nSPS) is 6.89. The summed E-state index contributed by atoms with van der Waals surface area (Å²) in [5, 5.41) is 0. The molecular formula is C6H18BO2. The smallest absolute Gasteiger partial charge is 0.145 e. The first-order valence-corrected chi connectivity index (χ1v) is 2.26. The Hall–Kier alpha value is -0.0151. The minimum absolute atomic E-state index is 0. The molecule has 0 saturated carbocycles. The standard InChI is InChI=1S/C4H10BO2.2CH4/c1-5-3-7-4-6-2;;/h3-4H2,1-2H3;2*1H4. The second kappa shape index (κ2) is 15.7. The van der Waals surface area contributed by atoms with Crippen LogP contribution in [0.3, 0.4) is 0 Å². The highest BCUT2D eigenvalue weighted by Crippen LogP contribution is 1.70. The quantitative estimate of drug-likeness (QED) is 0.329. The van der Waals surface area contributed by atoms with Gasteiger partial charge < -0.3 is 9.47 Å². The summed E-state index contributed by atoms with van der Waals surface area (Å²) in [7, 11) is 3.54. The predicted molar refractivity (Wildman–Crippen MR) is 42.9 cm³/mol. The van der Waals surface area contributed by atoms with Crippen LogP contribution in [0.5, 0.6) is 0 Å². The van der Waals surface area contributed by atoms with E-state index in [-0.39, 0.29) is 14.9 Å². The average Bonchev–Trinajstić information content (AvgIpc) is 1.69. The lowest BCUT2D eigenvalue weighted by Gasteiger charge is -1.96. The number of methoxy groups -OCH3 is 1. The highest BCUT2D eigenvalue weighted by molar-refractivity contribution is 6.33. The first kappa shape index (κ1) is 16.0. The SMILES string of the molecule is C.C.C[B]COCOC. The Bertz CT molecular complexity index is 30.2. The largest absolute Gasteiger partial charge is 0.364 e. The molecule has 0 aliphatic rings. The molecule has 0 saturated heterocycles. The zero-order valence-electron chi connectivity index (χ0n) is 4.81. The highest BCUT2D eigenvalue weighted by Gasteiger charge is 1.79. The fourth-order valence-electron chi connectivity index (χ4n) is 0.249. The summed E-state index contributed by atoms with van der Waals surface area (Å²) in [5.41, 5.74) is 0. The lowest BCUT2D eigenvalue weighted by atomic mass is 9.85. The maximum atomic E-state index is 4.85. The molecule has 0 spiro atoms. The molecule has 0 N–H and O–H groups in total. The van der Waals surface area contributed by atoms with Gasteiger partial charge in [0.2, 0.25) is 0 Å². The third kappa shape index (κ3) is 18.0. The van der Waals surface area contributed by atoms with Crippen molar-refractivity contribution in [2.24, 2.45) is 0 Å². The minimum atomic E-state index is 0. The van der Waals surface area contributed by atoms with E-state index in [1.165, 1.54) is 0 Å². The first-order valence-electron chi connectivity index (χ1n) is 2.26. The van der Waals surface area contributed by atoms with Gasteiger partial charge in [0.05, 0.1) is 0 Å². The van der Waals surface area contributed by atoms with E-state index in [0.29, 0.717) is 13.3 Å². The number of ether oxygens (including phenoxy) is 2. The molecule has 0 bridgehead atoms. The second-order valence-corrected chi connectivity index (χ2v) is 1.19. The van der Waals surface area contributed by atoms with Gasteiger partial charge in [-0.05, 0) is 0 Å². The van der Waals surface area contributed by atoms with Gasteiger partial charge in [0.15, 0.2) is 0 Å². The summed E-state index contributed by atoms with van der Waals surface area (Å²) in [5.74, 6) is 0. The molecule has 1 radical (unpaired) electrons. The molecule has 0 atom stereocenters. The van der Waals surface area contributed by atoms with E-state index in [1.807, 2.05) is 14.1 Å². The van der Waals surface area contributed by atoms with Crippen LogP contribution in [0.2, 0.25) is 6.82 Å². The Kier molecular flexibility index (Phi) is 27.9. The van der Waals surface area contributed by atoms with Crippen LogP contribution in [-0.4, -0.2) is 27.7 Å². The van der Waals surface area contributed by atoms with Gasteiger partial charge in [-0.3, -0.25) is 0 Å². The number of hydrogen-bond donors (Lipinski definition) is 0. The molecule has 57 valence electrons. The van der Waals surface area contributed by atoms with Gasteiger partial charge in [0, 0.05) is 13.6 Å². The van der Waals surface area contributed by atoms with Crippen molar-refractivity contribution in [3.05, 3.63) is 0 Å². The van der Waals surface area contributed by atoms with Gasteiger partial charge in [0.25, 0.3) is 0 Å². The lowest BCUT2D eigenvalue weighted by Crippen LogP contribution is -2.01. The van der Waals surface area contributed by atoms with Gasteiger partial charge >= 0.3 is 0 Å². The topological polar surface area (TPSA) is 18.5 Å². The van der Waals surface area contributed by atoms with E-state index in [2.05, 4.69) is 4.74 Å². The van der Waals surface area contributed by atoms with E-state index in [4.69, 9.17) is 4.74 Å². The summed E-state index contributed by atoms with van der Waals surface area (Å²) in [6.07, 6.45) is 0.